The molecule has 1 amide bonds. The van der Waals surface area contributed by atoms with Crippen molar-refractivity contribution in [3.63, 3.8) is 0 Å². The fraction of sp³-hybridized carbons (Fsp3) is 0.458. The van der Waals surface area contributed by atoms with Crippen LogP contribution >= 0.6 is 11.5 Å². The fourth-order valence-corrected chi connectivity index (χ4v) is 4.89. The second-order valence-corrected chi connectivity index (χ2v) is 9.98. The van der Waals surface area contributed by atoms with Crippen LogP contribution in [0.3, 0.4) is 0 Å². The van der Waals surface area contributed by atoms with E-state index in [1.54, 1.807) is 24.0 Å². The molecule has 1 saturated heterocycles. The smallest absolute Gasteiger partial charge is 0.434 e. The Morgan fingerprint density at radius 2 is 1.93 bits per heavy atom. The highest BCUT2D eigenvalue weighted by Crippen LogP contribution is 2.30. The third-order valence-corrected chi connectivity index (χ3v) is 6.90. The van der Waals surface area contributed by atoms with Crippen LogP contribution in [0, 0.1) is 12.8 Å². The minimum Gasteiger partial charge on any atom is -0.477 e. The van der Waals surface area contributed by atoms with Gasteiger partial charge in [0.15, 0.2) is 5.69 Å². The van der Waals surface area contributed by atoms with E-state index in [0.29, 0.717) is 43.2 Å². The number of piperidine rings is 1. The number of halogens is 6. The lowest BCUT2D eigenvalue weighted by atomic mass is 9.99. The summed E-state index contributed by atoms with van der Waals surface area (Å²) in [6.45, 7) is 3.04. The first-order valence-corrected chi connectivity index (χ1v) is 13.0. The predicted molar refractivity (Wildman–Crippen MR) is 135 cm³/mol. The van der Waals surface area contributed by atoms with Gasteiger partial charge in [-0.2, -0.15) is 30.7 Å². The van der Waals surface area contributed by atoms with Crippen molar-refractivity contribution in [1.29, 1.82) is 0 Å². The Balaban J connectivity index is 1.30. The molecule has 0 aromatic carbocycles. The standard InChI is InChI=1S/C24H25F6N7O2S/c1-14-20(22(40-36-14)35-18-11-31-17(10-32-18)24(28,29)30)21(38)34-16-4-5-19(33-9-16)39-13-15-3-2-7-37(12-15)8-6-23(25,26)27/h4-5,9-11,15H,2-3,6-8,12-13H2,1H3,(H,32,35)(H,34,38)/t15-/m1/s1. The summed E-state index contributed by atoms with van der Waals surface area (Å²) in [4.78, 5) is 26.0. The average Bonchev–Trinajstić information content (AvgIpc) is 3.26. The minimum absolute atomic E-state index is 0.00954. The molecule has 2 N–H and O–H groups in total. The molecule has 4 rings (SSSR count). The van der Waals surface area contributed by atoms with Gasteiger partial charge in [-0.25, -0.2) is 15.0 Å². The van der Waals surface area contributed by atoms with Crippen LogP contribution in [0.15, 0.2) is 30.7 Å². The van der Waals surface area contributed by atoms with E-state index in [-0.39, 0.29) is 28.8 Å². The number of rotatable bonds is 9. The maximum atomic E-state index is 13.0. The first-order chi connectivity index (χ1) is 18.9. The second-order valence-electron chi connectivity index (χ2n) is 9.21. The molecule has 16 heteroatoms. The molecule has 9 nitrogen and oxygen atoms in total. The number of carbonyl (C=O) groups excluding carboxylic acids is 1. The zero-order valence-electron chi connectivity index (χ0n) is 21.1. The zero-order valence-corrected chi connectivity index (χ0v) is 22.0. The number of alkyl halides is 6. The van der Waals surface area contributed by atoms with Crippen molar-refractivity contribution in [2.24, 2.45) is 5.92 Å². The van der Waals surface area contributed by atoms with Gasteiger partial charge in [0.1, 0.15) is 10.8 Å². The quantitative estimate of drug-likeness (QED) is 0.307. The summed E-state index contributed by atoms with van der Waals surface area (Å²) < 4.78 is 85.6. The average molecular weight is 590 g/mol. The molecule has 0 radical (unpaired) electrons. The van der Waals surface area contributed by atoms with Crippen LogP contribution in [-0.4, -0.2) is 62.6 Å². The number of hydrogen-bond acceptors (Lipinski definition) is 9. The van der Waals surface area contributed by atoms with Crippen molar-refractivity contribution in [1.82, 2.24) is 24.2 Å². The topological polar surface area (TPSA) is 105 Å². The highest BCUT2D eigenvalue weighted by Gasteiger charge is 2.33. The van der Waals surface area contributed by atoms with Gasteiger partial charge >= 0.3 is 12.4 Å². The lowest BCUT2D eigenvalue weighted by Gasteiger charge is -2.32. The van der Waals surface area contributed by atoms with Gasteiger partial charge in [-0.05, 0) is 43.9 Å². The molecular formula is C24H25F6N7O2S. The number of aryl methyl sites for hydroxylation is 1. The number of hydrogen-bond donors (Lipinski definition) is 2. The summed E-state index contributed by atoms with van der Waals surface area (Å²) in [5, 5.41) is 5.74. The van der Waals surface area contributed by atoms with Crippen molar-refractivity contribution in [3.05, 3.63) is 47.7 Å². The first-order valence-electron chi connectivity index (χ1n) is 12.2. The Bertz CT molecular complexity index is 1280. The predicted octanol–water partition coefficient (Wildman–Crippen LogP) is 5.69. The molecule has 216 valence electrons. The van der Waals surface area contributed by atoms with Gasteiger partial charge in [-0.1, -0.05) is 0 Å². The van der Waals surface area contributed by atoms with E-state index in [0.717, 1.165) is 30.6 Å². The molecule has 40 heavy (non-hydrogen) atoms. The van der Waals surface area contributed by atoms with Gasteiger partial charge in [-0.15, -0.1) is 0 Å². The van der Waals surface area contributed by atoms with Crippen molar-refractivity contribution in [2.75, 3.05) is 36.9 Å². The largest absolute Gasteiger partial charge is 0.477 e. The molecule has 1 aliphatic rings. The lowest BCUT2D eigenvalue weighted by Crippen LogP contribution is -2.39. The van der Waals surface area contributed by atoms with E-state index in [4.69, 9.17) is 4.74 Å². The third-order valence-electron chi connectivity index (χ3n) is 6.05. The molecule has 0 bridgehead atoms. The summed E-state index contributed by atoms with van der Waals surface area (Å²) in [6, 6.07) is 3.15. The van der Waals surface area contributed by atoms with Gasteiger partial charge in [0.2, 0.25) is 5.88 Å². The summed E-state index contributed by atoms with van der Waals surface area (Å²) in [5.74, 6) is -0.125. The molecular weight excluding hydrogens is 564 g/mol. The summed E-state index contributed by atoms with van der Waals surface area (Å²) >= 11 is 0.940. The van der Waals surface area contributed by atoms with Crippen LogP contribution in [0.5, 0.6) is 5.88 Å². The van der Waals surface area contributed by atoms with Crippen molar-refractivity contribution in [2.45, 2.75) is 38.5 Å². The Morgan fingerprint density at radius 3 is 2.58 bits per heavy atom. The van der Waals surface area contributed by atoms with Gasteiger partial charge in [0.05, 0.1) is 48.6 Å². The normalized spacial score (nSPS) is 16.5. The van der Waals surface area contributed by atoms with Gasteiger partial charge < -0.3 is 20.3 Å². The van der Waals surface area contributed by atoms with E-state index < -0.39 is 30.4 Å². The van der Waals surface area contributed by atoms with E-state index in [1.165, 1.54) is 6.20 Å². The van der Waals surface area contributed by atoms with E-state index in [9.17, 15) is 31.1 Å². The number of carbonyl (C=O) groups is 1. The Labute approximate surface area is 229 Å². The lowest BCUT2D eigenvalue weighted by molar-refractivity contribution is -0.141. The SMILES string of the molecule is Cc1nsc(Nc2cnc(C(F)(F)F)cn2)c1C(=O)Nc1ccc(OC[C@@H]2CCCN(CCC(F)(F)F)C2)nc1. The number of nitrogens with zero attached hydrogens (tertiary/aromatic N) is 5. The van der Waals surface area contributed by atoms with Crippen LogP contribution in [0.4, 0.5) is 42.8 Å². The van der Waals surface area contributed by atoms with Crippen LogP contribution in [0.25, 0.3) is 0 Å². The van der Waals surface area contributed by atoms with Crippen molar-refractivity contribution >= 4 is 33.9 Å². The van der Waals surface area contributed by atoms with Crippen LogP contribution in [0.1, 0.15) is 41.0 Å². The molecule has 3 aromatic heterocycles. The maximum Gasteiger partial charge on any atom is 0.434 e. The molecule has 1 aliphatic heterocycles. The van der Waals surface area contributed by atoms with Gasteiger partial charge in [-0.3, -0.25) is 4.79 Å². The van der Waals surface area contributed by atoms with E-state index in [1.807, 2.05) is 0 Å². The number of amides is 1. The van der Waals surface area contributed by atoms with E-state index in [2.05, 4.69) is 30.0 Å². The zero-order chi connectivity index (χ0) is 28.9. The molecule has 0 unspecified atom stereocenters. The number of pyridine rings is 1. The fourth-order valence-electron chi connectivity index (χ4n) is 4.09. The number of anilines is 3. The summed E-state index contributed by atoms with van der Waals surface area (Å²) in [7, 11) is 0. The molecule has 0 saturated carbocycles. The first kappa shape index (κ1) is 29.5. The van der Waals surface area contributed by atoms with Gasteiger partial charge in [0, 0.05) is 25.1 Å². The monoisotopic (exact) mass is 589 g/mol. The van der Waals surface area contributed by atoms with E-state index >= 15 is 0 Å². The summed E-state index contributed by atoms with van der Waals surface area (Å²) in [5.41, 5.74) is -0.203. The van der Waals surface area contributed by atoms with Crippen molar-refractivity contribution < 1.29 is 35.9 Å². The maximum absolute atomic E-state index is 13.0. The Hall–Kier alpha value is -3.53. The number of nitrogens with one attached hydrogen (secondary N) is 2. The molecule has 0 spiro atoms. The molecule has 4 heterocycles. The molecule has 1 fully saturated rings. The highest BCUT2D eigenvalue weighted by atomic mass is 32.1. The Kier molecular flexibility index (Phi) is 9.08. The summed E-state index contributed by atoms with van der Waals surface area (Å²) in [6.07, 6.45) is -5.10. The van der Waals surface area contributed by atoms with Crippen molar-refractivity contribution in [3.8, 4) is 5.88 Å². The molecule has 3 aromatic rings. The molecule has 1 atom stereocenters. The number of ether oxygens (including phenoxy) is 1. The Morgan fingerprint density at radius 1 is 1.12 bits per heavy atom. The van der Waals surface area contributed by atoms with Crippen LogP contribution in [0.2, 0.25) is 0 Å². The third kappa shape index (κ3) is 8.24. The second kappa shape index (κ2) is 12.3. The minimum atomic E-state index is -4.62. The number of aromatic nitrogens is 4. The highest BCUT2D eigenvalue weighted by molar-refractivity contribution is 7.10. The van der Waals surface area contributed by atoms with Crippen LogP contribution in [-0.2, 0) is 6.18 Å². The van der Waals surface area contributed by atoms with Gasteiger partial charge in [0.25, 0.3) is 5.91 Å². The molecule has 0 aliphatic carbocycles. The van der Waals surface area contributed by atoms with Crippen LogP contribution < -0.4 is 15.4 Å². The number of likely N-dealkylation sites (tertiary alicyclic amines) is 1.